The summed E-state index contributed by atoms with van der Waals surface area (Å²) in [5.74, 6) is 0. The fourth-order valence-electron chi connectivity index (χ4n) is 0. The topological polar surface area (TPSA) is 33.5 Å². The molecule has 0 heterocycles. The van der Waals surface area contributed by atoms with Gasteiger partial charge in [-0.25, -0.2) is 1.37 Å². The quantitative estimate of drug-likeness (QED) is 0.507. The average molecular weight is 418 g/mol. The van der Waals surface area contributed by atoms with E-state index in [-0.39, 0.29) is 129 Å². The predicted octanol–water partition coefficient (Wildman–Crippen LogP) is 4.81. The minimum atomic E-state index is 0. The van der Waals surface area contributed by atoms with Gasteiger partial charge >= 0.3 is 2.85 Å². The third-order valence-corrected chi connectivity index (χ3v) is 0. The van der Waals surface area contributed by atoms with Gasteiger partial charge in [0.05, 0.1) is 0 Å². The number of hydrogen-bond donors (Lipinski definition) is 0. The van der Waals surface area contributed by atoms with Crippen molar-refractivity contribution in [2.45, 2.75) is 20.3 Å². The summed E-state index contributed by atoms with van der Waals surface area (Å²) in [6, 6.07) is 0. The van der Waals surface area contributed by atoms with Crippen LogP contribution in [0.15, 0.2) is 0 Å². The molecule has 0 aromatic carbocycles. The van der Waals surface area contributed by atoms with Crippen molar-refractivity contribution in [3.63, 3.8) is 0 Å². The van der Waals surface area contributed by atoms with E-state index in [9.17, 15) is 0 Å². The molecule has 3 radical (unpaired) electrons. The molecule has 0 aliphatic carbocycles. The molecule has 13 heavy (non-hydrogen) atoms. The second-order valence-corrected chi connectivity index (χ2v) is 0.500. The zero-order chi connectivity index (χ0) is 6.71. The van der Waals surface area contributed by atoms with Gasteiger partial charge in [0.15, 0.2) is 0 Å². The van der Waals surface area contributed by atoms with Crippen molar-refractivity contribution in [1.82, 2.24) is 0 Å². The zero-order valence-electron chi connectivity index (χ0n) is 13.1. The molecule has 0 spiro atoms. The molecule has 0 unspecified atom stereocenters. The van der Waals surface area contributed by atoms with Crippen LogP contribution in [0.4, 0.5) is 0 Å². The van der Waals surface area contributed by atoms with Crippen LogP contribution in [0, 0.1) is 43.5 Å². The van der Waals surface area contributed by atoms with Gasteiger partial charge in [-0.05, 0) is 0 Å². The summed E-state index contributed by atoms with van der Waals surface area (Å²) in [6.45, 7) is 10.5. The molecule has 0 atom stereocenters. The molecule has 1 nitrogen and oxygen atoms in total. The van der Waals surface area contributed by atoms with Crippen molar-refractivity contribution < 1.29 is 102 Å². The Morgan fingerprint density at radius 2 is 1.00 bits per heavy atom. The van der Waals surface area contributed by atoms with E-state index in [0.29, 0.717) is 0 Å². The Balaban J connectivity index is -0.00000000119. The molecule has 0 aliphatic heterocycles. The maximum Gasteiger partial charge on any atom is 1.00 e. The standard InChI is InChI=1S/C3H7.C2H5.4CH3.H2N.3Y/c1-3-2;1-2;;;;;;;;/h1,3H2,2H3;1H2,2H3;4*1H3;1H2;;;/q7*-1;;;/p+2/i;;1D;;;;;;;. The van der Waals surface area contributed by atoms with E-state index in [2.05, 4.69) is 21.3 Å². The molecule has 0 bridgehead atoms. The smallest absolute Gasteiger partial charge is 0.693 e. The first kappa shape index (κ1) is 71.8. The molecule has 0 saturated carbocycles. The van der Waals surface area contributed by atoms with Crippen molar-refractivity contribution in [2.24, 2.45) is 0 Å². The first-order valence-corrected chi connectivity index (χ1v) is 1.91. The summed E-state index contributed by atoms with van der Waals surface area (Å²) < 4.78 is 5.50. The summed E-state index contributed by atoms with van der Waals surface area (Å²) in [7, 11) is 2.50. The van der Waals surface area contributed by atoms with Gasteiger partial charge in [0.1, 0.15) is 0 Å². The molecule has 0 fully saturated rings. The van der Waals surface area contributed by atoms with Gasteiger partial charge in [0.2, 0.25) is 0 Å². The molecule has 0 aromatic rings. The van der Waals surface area contributed by atoms with E-state index in [1.54, 1.807) is 6.92 Å². The third-order valence-electron chi connectivity index (χ3n) is 0. The Morgan fingerprint density at radius 1 is 1.00 bits per heavy atom. The Kier molecular flexibility index (Phi) is 941. The fraction of sp³-hybridized carbons (Fsp3) is 0.333. The van der Waals surface area contributed by atoms with Gasteiger partial charge in [0.25, 0.3) is 0 Å². The second-order valence-electron chi connectivity index (χ2n) is 0.500. The van der Waals surface area contributed by atoms with E-state index < -0.39 is 0 Å². The van der Waals surface area contributed by atoms with Gasteiger partial charge in [-0.1, -0.05) is 6.92 Å². The van der Waals surface area contributed by atoms with Gasteiger partial charge in [0, 0.05) is 98.1 Å². The van der Waals surface area contributed by atoms with Crippen LogP contribution < -0.4 is 0 Å². The summed E-state index contributed by atoms with van der Waals surface area (Å²) in [5, 5.41) is 0. The van der Waals surface area contributed by atoms with Crippen LogP contribution >= 0.6 is 0 Å². The van der Waals surface area contributed by atoms with Crippen LogP contribution in [0.25, 0.3) is 6.15 Å². The normalized spacial score (nSPS) is 2.38. The van der Waals surface area contributed by atoms with E-state index >= 15 is 0 Å². The Labute approximate surface area is 169 Å². The summed E-state index contributed by atoms with van der Waals surface area (Å²) in [5.41, 5.74) is 0. The molecule has 0 rings (SSSR count). The number of hydrogen-bond acceptors (Lipinski definition) is 0. The average Bonchev–Trinajstić information content (AvgIpc) is 1.78. The van der Waals surface area contributed by atoms with Gasteiger partial charge in [-0.2, -0.15) is 13.3 Å². The van der Waals surface area contributed by atoms with Crippen molar-refractivity contribution in [1.29, 1.82) is 0 Å². The molecular weight excluding hydrogens is 389 g/mol. The largest absolute Gasteiger partial charge is 1.00 e. The van der Waals surface area contributed by atoms with Crippen LogP contribution in [0.1, 0.15) is 24.5 Å². The summed E-state index contributed by atoms with van der Waals surface area (Å²) >= 11 is 0. The summed E-state index contributed by atoms with van der Waals surface area (Å²) in [6.07, 6.45) is 1.00. The van der Waals surface area contributed by atoms with Gasteiger partial charge < -0.3 is 49.7 Å². The van der Waals surface area contributed by atoms with Crippen molar-refractivity contribution in [2.75, 3.05) is 0 Å². The van der Waals surface area contributed by atoms with E-state index in [4.69, 9.17) is 1.37 Å². The second kappa shape index (κ2) is 170. The van der Waals surface area contributed by atoms with Gasteiger partial charge in [-0.3, -0.25) is 0 Å². The van der Waals surface area contributed by atoms with Crippen LogP contribution in [-0.4, -0.2) is 0 Å². The maximum absolute atomic E-state index is 5.50. The van der Waals surface area contributed by atoms with Crippen LogP contribution in [-0.2, 0) is 98.1 Å². The SMILES string of the molecule is [2H][CH2-].[CH2-]C.[CH2-]CC.[CH3-].[CH3-].[CH3-].[H+].[H+].[NH2-].[Y].[Y].[Y]. The minimum Gasteiger partial charge on any atom is -0.693 e. The number of nitrogens with two attached hydrogens (primary N) is 1. The van der Waals surface area contributed by atoms with Crippen LogP contribution in [0.2, 0.25) is 0 Å². The fourth-order valence-corrected chi connectivity index (χ4v) is 0. The third kappa shape index (κ3) is 251. The first-order valence-electron chi connectivity index (χ1n) is 2.62. The van der Waals surface area contributed by atoms with Crippen molar-refractivity contribution >= 4 is 0 Å². The van der Waals surface area contributed by atoms with Crippen LogP contribution in [0.3, 0.4) is 0 Å². The molecule has 83 valence electrons. The van der Waals surface area contributed by atoms with E-state index in [1.165, 1.54) is 0 Å². The van der Waals surface area contributed by atoms with Crippen LogP contribution in [0.5, 0.6) is 0 Å². The molecule has 0 amide bonds. The zero-order valence-corrected chi connectivity index (χ0v) is 18.7. The number of rotatable bonds is 0. The molecule has 4 heteroatoms. The Hall–Kier alpha value is 3.27. The van der Waals surface area contributed by atoms with E-state index in [0.717, 1.165) is 6.42 Å². The molecular formula is C9H28NY3-5. The summed E-state index contributed by atoms with van der Waals surface area (Å²) in [4.78, 5) is 0. The van der Waals surface area contributed by atoms with Crippen molar-refractivity contribution in [3.8, 4) is 0 Å². The Bertz CT molecular complexity index is 26.0. The molecule has 0 aromatic heterocycles. The monoisotopic (exact) mass is 418 g/mol. The molecule has 0 aliphatic rings. The maximum atomic E-state index is 5.50. The molecule has 0 saturated heterocycles. The Morgan fingerprint density at radius 3 is 1.00 bits per heavy atom. The first-order chi connectivity index (χ1) is 3.41. The van der Waals surface area contributed by atoms with Crippen molar-refractivity contribution in [3.05, 3.63) is 49.7 Å². The van der Waals surface area contributed by atoms with Gasteiger partial charge in [-0.15, -0.1) is 0 Å². The van der Waals surface area contributed by atoms with E-state index in [1.807, 2.05) is 6.92 Å². The minimum absolute atomic E-state index is 0. The predicted molar refractivity (Wildman–Crippen MR) is 59.8 cm³/mol. The molecule has 2 N–H and O–H groups in total.